The fraction of sp³-hybridized carbons (Fsp3) is 0.100. The van der Waals surface area contributed by atoms with Crippen molar-refractivity contribution < 1.29 is 19.1 Å². The van der Waals surface area contributed by atoms with Gasteiger partial charge in [0.15, 0.2) is 6.61 Å². The van der Waals surface area contributed by atoms with Crippen LogP contribution in [-0.4, -0.2) is 24.5 Å². The Balaban J connectivity index is 2.30. The Morgan fingerprint density at radius 3 is 2.82 bits per heavy atom. The van der Waals surface area contributed by atoms with E-state index in [0.717, 1.165) is 5.56 Å². The lowest BCUT2D eigenvalue weighted by molar-refractivity contribution is -0.143. The number of carbonyl (C=O) groups excluding carboxylic acids is 3. The summed E-state index contributed by atoms with van der Waals surface area (Å²) in [5, 5.41) is 5.49. The number of urea groups is 1. The monoisotopic (exact) mass is 254 g/mol. The zero-order chi connectivity index (χ0) is 12.7. The van der Waals surface area contributed by atoms with Crippen LogP contribution in [-0.2, 0) is 14.3 Å². The van der Waals surface area contributed by atoms with Gasteiger partial charge in [0, 0.05) is 6.08 Å². The molecule has 0 bridgehead atoms. The SMILES string of the molecule is NC(=O)NC(=O)COC(=O)/C=C/c1ccsc1. The van der Waals surface area contributed by atoms with Crippen LogP contribution in [0.2, 0.25) is 0 Å². The zero-order valence-electron chi connectivity index (χ0n) is 8.71. The van der Waals surface area contributed by atoms with Crippen LogP contribution in [0.1, 0.15) is 5.56 Å². The van der Waals surface area contributed by atoms with Crippen LogP contribution in [0.4, 0.5) is 4.79 Å². The van der Waals surface area contributed by atoms with Gasteiger partial charge in [-0.1, -0.05) is 0 Å². The van der Waals surface area contributed by atoms with Crippen molar-refractivity contribution in [2.24, 2.45) is 5.73 Å². The molecular weight excluding hydrogens is 244 g/mol. The van der Waals surface area contributed by atoms with Crippen molar-refractivity contribution in [2.75, 3.05) is 6.61 Å². The summed E-state index contributed by atoms with van der Waals surface area (Å²) in [6.07, 6.45) is 2.75. The number of rotatable bonds is 4. The number of nitrogens with one attached hydrogen (secondary N) is 1. The quantitative estimate of drug-likeness (QED) is 0.603. The first kappa shape index (κ1) is 12.9. The van der Waals surface area contributed by atoms with Gasteiger partial charge in [0.2, 0.25) is 0 Å². The normalized spacial score (nSPS) is 10.1. The molecule has 0 unspecified atom stereocenters. The summed E-state index contributed by atoms with van der Waals surface area (Å²) < 4.78 is 4.56. The molecule has 6 nitrogen and oxygen atoms in total. The van der Waals surface area contributed by atoms with Crippen molar-refractivity contribution in [1.29, 1.82) is 0 Å². The highest BCUT2D eigenvalue weighted by molar-refractivity contribution is 7.08. The molecule has 1 aromatic rings. The molecule has 0 aliphatic carbocycles. The van der Waals surface area contributed by atoms with Gasteiger partial charge in [0.25, 0.3) is 5.91 Å². The molecule has 0 aromatic carbocycles. The predicted molar refractivity (Wildman–Crippen MR) is 62.0 cm³/mol. The molecule has 3 amide bonds. The van der Waals surface area contributed by atoms with E-state index in [2.05, 4.69) is 4.74 Å². The topological polar surface area (TPSA) is 98.5 Å². The van der Waals surface area contributed by atoms with Gasteiger partial charge in [-0.3, -0.25) is 10.1 Å². The van der Waals surface area contributed by atoms with Gasteiger partial charge in [-0.25, -0.2) is 9.59 Å². The molecule has 0 aliphatic heterocycles. The van der Waals surface area contributed by atoms with E-state index in [1.54, 1.807) is 11.4 Å². The summed E-state index contributed by atoms with van der Waals surface area (Å²) >= 11 is 1.50. The van der Waals surface area contributed by atoms with Gasteiger partial charge >= 0.3 is 12.0 Å². The first-order valence-electron chi connectivity index (χ1n) is 4.54. The molecule has 0 fully saturated rings. The minimum Gasteiger partial charge on any atom is -0.452 e. The van der Waals surface area contributed by atoms with Crippen LogP contribution < -0.4 is 11.1 Å². The van der Waals surface area contributed by atoms with Gasteiger partial charge in [0.05, 0.1) is 0 Å². The molecule has 0 radical (unpaired) electrons. The number of nitrogens with two attached hydrogens (primary N) is 1. The van der Waals surface area contributed by atoms with E-state index in [1.807, 2.05) is 16.8 Å². The highest BCUT2D eigenvalue weighted by Crippen LogP contribution is 2.07. The largest absolute Gasteiger partial charge is 0.452 e. The number of hydrogen-bond donors (Lipinski definition) is 2. The minimum absolute atomic E-state index is 0.546. The van der Waals surface area contributed by atoms with Gasteiger partial charge in [0.1, 0.15) is 0 Å². The first-order chi connectivity index (χ1) is 8.08. The molecule has 0 saturated heterocycles. The van der Waals surface area contributed by atoms with Crippen LogP contribution in [0.3, 0.4) is 0 Å². The predicted octanol–water partition coefficient (Wildman–Crippen LogP) is 0.499. The van der Waals surface area contributed by atoms with Gasteiger partial charge < -0.3 is 10.5 Å². The third kappa shape index (κ3) is 5.47. The van der Waals surface area contributed by atoms with Crippen molar-refractivity contribution in [3.8, 4) is 0 Å². The van der Waals surface area contributed by atoms with E-state index >= 15 is 0 Å². The van der Waals surface area contributed by atoms with Crippen molar-refractivity contribution in [2.45, 2.75) is 0 Å². The lowest BCUT2D eigenvalue weighted by Crippen LogP contribution is -2.37. The number of thiophene rings is 1. The average molecular weight is 254 g/mol. The molecule has 0 spiro atoms. The second kappa shape index (κ2) is 6.44. The Hall–Kier alpha value is -2.15. The summed E-state index contributed by atoms with van der Waals surface area (Å²) in [6, 6.07) is 0.841. The average Bonchev–Trinajstić information content (AvgIpc) is 2.75. The number of amides is 3. The smallest absolute Gasteiger partial charge is 0.331 e. The van der Waals surface area contributed by atoms with Gasteiger partial charge in [-0.05, 0) is 28.5 Å². The second-order valence-electron chi connectivity index (χ2n) is 2.91. The fourth-order valence-electron chi connectivity index (χ4n) is 0.892. The molecule has 17 heavy (non-hydrogen) atoms. The lowest BCUT2D eigenvalue weighted by Gasteiger charge is -2.00. The summed E-state index contributed by atoms with van der Waals surface area (Å²) in [4.78, 5) is 32.3. The molecule has 0 atom stereocenters. The van der Waals surface area contributed by atoms with E-state index in [4.69, 9.17) is 5.73 Å². The van der Waals surface area contributed by atoms with E-state index in [1.165, 1.54) is 17.4 Å². The Labute approximate surface area is 101 Å². The number of hydrogen-bond acceptors (Lipinski definition) is 5. The van der Waals surface area contributed by atoms with Crippen molar-refractivity contribution in [3.63, 3.8) is 0 Å². The Kier molecular flexibility index (Phi) is 4.89. The molecule has 3 N–H and O–H groups in total. The van der Waals surface area contributed by atoms with Crippen LogP contribution in [0, 0.1) is 0 Å². The third-order valence-corrected chi connectivity index (χ3v) is 2.26. The van der Waals surface area contributed by atoms with Crippen LogP contribution >= 0.6 is 11.3 Å². The molecule has 90 valence electrons. The molecule has 0 aliphatic rings. The summed E-state index contributed by atoms with van der Waals surface area (Å²) in [5.41, 5.74) is 5.57. The Bertz CT molecular complexity index is 439. The standard InChI is InChI=1S/C10H10N2O4S/c11-10(15)12-8(13)5-16-9(14)2-1-7-3-4-17-6-7/h1-4,6H,5H2,(H3,11,12,13,15)/b2-1+. The molecule has 7 heteroatoms. The number of imide groups is 1. The molecule has 1 heterocycles. The van der Waals surface area contributed by atoms with Crippen molar-refractivity contribution in [3.05, 3.63) is 28.5 Å². The number of primary amides is 1. The van der Waals surface area contributed by atoms with E-state index in [9.17, 15) is 14.4 Å². The maximum Gasteiger partial charge on any atom is 0.331 e. The number of carbonyl (C=O) groups is 3. The van der Waals surface area contributed by atoms with Crippen molar-refractivity contribution in [1.82, 2.24) is 5.32 Å². The molecule has 1 rings (SSSR count). The third-order valence-electron chi connectivity index (χ3n) is 1.56. The second-order valence-corrected chi connectivity index (χ2v) is 3.69. The molecule has 0 saturated carbocycles. The Morgan fingerprint density at radius 2 is 2.24 bits per heavy atom. The lowest BCUT2D eigenvalue weighted by atomic mass is 10.3. The highest BCUT2D eigenvalue weighted by atomic mass is 32.1. The Morgan fingerprint density at radius 1 is 1.47 bits per heavy atom. The van der Waals surface area contributed by atoms with Gasteiger partial charge in [-0.15, -0.1) is 0 Å². The van der Waals surface area contributed by atoms with Crippen LogP contribution in [0.25, 0.3) is 6.08 Å². The molecule has 1 aromatic heterocycles. The first-order valence-corrected chi connectivity index (χ1v) is 5.48. The number of ether oxygens (including phenoxy) is 1. The number of esters is 1. The summed E-state index contributed by atoms with van der Waals surface area (Å²) in [5.74, 6) is -1.44. The highest BCUT2D eigenvalue weighted by Gasteiger charge is 2.06. The molecular formula is C10H10N2O4S. The van der Waals surface area contributed by atoms with E-state index < -0.39 is 24.5 Å². The van der Waals surface area contributed by atoms with Crippen LogP contribution in [0.15, 0.2) is 22.9 Å². The summed E-state index contributed by atoms with van der Waals surface area (Å²) in [6.45, 7) is -0.546. The van der Waals surface area contributed by atoms with Crippen molar-refractivity contribution >= 4 is 35.3 Å². The zero-order valence-corrected chi connectivity index (χ0v) is 9.53. The van der Waals surface area contributed by atoms with Crippen LogP contribution in [0.5, 0.6) is 0 Å². The van der Waals surface area contributed by atoms with Gasteiger partial charge in [-0.2, -0.15) is 11.3 Å². The minimum atomic E-state index is -0.986. The van der Waals surface area contributed by atoms with E-state index in [-0.39, 0.29) is 0 Å². The fourth-order valence-corrected chi connectivity index (χ4v) is 1.52. The maximum atomic E-state index is 11.1. The summed E-state index contributed by atoms with van der Waals surface area (Å²) in [7, 11) is 0. The van der Waals surface area contributed by atoms with E-state index in [0.29, 0.717) is 0 Å². The maximum absolute atomic E-state index is 11.1.